The number of nitrogens with one attached hydrogen (secondary N) is 1. The minimum Gasteiger partial charge on any atom is -0.434 e. The highest BCUT2D eigenvalue weighted by atomic mass is 79.9. The summed E-state index contributed by atoms with van der Waals surface area (Å²) >= 11 is 3.33. The second kappa shape index (κ2) is 7.51. The van der Waals surface area contributed by atoms with Crippen molar-refractivity contribution in [3.63, 3.8) is 0 Å². The molecule has 1 unspecified atom stereocenters. The molecule has 4 nitrogen and oxygen atoms in total. The summed E-state index contributed by atoms with van der Waals surface area (Å²) in [5, 5.41) is 3.28. The van der Waals surface area contributed by atoms with Crippen molar-refractivity contribution in [2.45, 2.75) is 32.7 Å². The zero-order chi connectivity index (χ0) is 15.2. The molecule has 1 atom stereocenters. The van der Waals surface area contributed by atoms with Crippen LogP contribution in [0.25, 0.3) is 0 Å². The number of nitrogens with zero attached hydrogens (tertiary/aromatic N) is 2. The van der Waals surface area contributed by atoms with E-state index in [0.717, 1.165) is 11.0 Å². The van der Waals surface area contributed by atoms with Crippen molar-refractivity contribution in [3.05, 3.63) is 47.0 Å². The first-order valence-corrected chi connectivity index (χ1v) is 7.26. The average molecular weight is 360 g/mol. The molecule has 0 fully saturated rings. The lowest BCUT2D eigenvalue weighted by Gasteiger charge is -2.16. The molecule has 0 aliphatic heterocycles. The number of imidazole rings is 1. The third-order valence-corrected chi connectivity index (χ3v) is 3.42. The molecule has 0 saturated heterocycles. The van der Waals surface area contributed by atoms with Crippen LogP contribution in [0.3, 0.4) is 0 Å². The van der Waals surface area contributed by atoms with E-state index >= 15 is 0 Å². The lowest BCUT2D eigenvalue weighted by atomic mass is 10.2. The fourth-order valence-electron chi connectivity index (χ4n) is 1.96. The topological polar surface area (TPSA) is 39.1 Å². The molecule has 2 rings (SSSR count). The zero-order valence-corrected chi connectivity index (χ0v) is 13.1. The molecule has 0 aliphatic rings. The molecule has 1 aromatic carbocycles. The Labute approximate surface area is 130 Å². The molecule has 1 heterocycles. The molecule has 0 bridgehead atoms. The zero-order valence-electron chi connectivity index (χ0n) is 11.5. The molecular weight excluding hydrogens is 344 g/mol. The predicted octanol–water partition coefficient (Wildman–Crippen LogP) is 3.43. The van der Waals surface area contributed by atoms with Crippen LogP contribution in [0.1, 0.15) is 12.5 Å². The standard InChI is InChI=1S/C14H16BrF2N3O/c1-10(8-20-5-4-18-9-20)19-7-11-6-12(15)2-3-13(11)21-14(16)17/h2-6,9-10,14,19H,7-8H2,1H3. The van der Waals surface area contributed by atoms with Crippen LogP contribution in [0.15, 0.2) is 41.4 Å². The second-order valence-electron chi connectivity index (χ2n) is 4.67. The molecule has 7 heteroatoms. The first kappa shape index (κ1) is 15.9. The maximum atomic E-state index is 12.4. The van der Waals surface area contributed by atoms with Crippen molar-refractivity contribution in [2.75, 3.05) is 0 Å². The fraction of sp³-hybridized carbons (Fsp3) is 0.357. The summed E-state index contributed by atoms with van der Waals surface area (Å²) in [6.45, 7) is 0.385. The van der Waals surface area contributed by atoms with Crippen molar-refractivity contribution < 1.29 is 13.5 Å². The van der Waals surface area contributed by atoms with E-state index in [9.17, 15) is 8.78 Å². The number of hydrogen-bond acceptors (Lipinski definition) is 3. The van der Waals surface area contributed by atoms with Crippen molar-refractivity contribution in [3.8, 4) is 5.75 Å². The summed E-state index contributed by atoms with van der Waals surface area (Å²) in [4.78, 5) is 3.98. The maximum Gasteiger partial charge on any atom is 0.387 e. The summed E-state index contributed by atoms with van der Waals surface area (Å²) < 4.78 is 32.1. The molecule has 0 aliphatic carbocycles. The lowest BCUT2D eigenvalue weighted by Crippen LogP contribution is -2.29. The molecule has 21 heavy (non-hydrogen) atoms. The van der Waals surface area contributed by atoms with E-state index in [4.69, 9.17) is 0 Å². The molecular formula is C14H16BrF2N3O. The molecule has 2 aromatic rings. The van der Waals surface area contributed by atoms with Crippen LogP contribution in [0.5, 0.6) is 5.75 Å². The monoisotopic (exact) mass is 359 g/mol. The van der Waals surface area contributed by atoms with Gasteiger partial charge in [0.2, 0.25) is 0 Å². The summed E-state index contributed by atoms with van der Waals surface area (Å²) in [5.74, 6) is 0.190. The highest BCUT2D eigenvalue weighted by Gasteiger charge is 2.11. The van der Waals surface area contributed by atoms with Crippen LogP contribution in [0.2, 0.25) is 0 Å². The van der Waals surface area contributed by atoms with Gasteiger partial charge < -0.3 is 14.6 Å². The highest BCUT2D eigenvalue weighted by molar-refractivity contribution is 9.10. The second-order valence-corrected chi connectivity index (χ2v) is 5.59. The number of rotatable bonds is 7. The Morgan fingerprint density at radius 2 is 2.24 bits per heavy atom. The Hall–Kier alpha value is -1.47. The molecule has 1 aromatic heterocycles. The van der Waals surface area contributed by atoms with Crippen LogP contribution < -0.4 is 10.1 Å². The van der Waals surface area contributed by atoms with E-state index in [1.165, 1.54) is 6.07 Å². The van der Waals surface area contributed by atoms with Crippen LogP contribution in [0, 0.1) is 0 Å². The van der Waals surface area contributed by atoms with Gasteiger partial charge in [0.05, 0.1) is 6.33 Å². The minimum atomic E-state index is -2.83. The van der Waals surface area contributed by atoms with Crippen molar-refractivity contribution in [1.82, 2.24) is 14.9 Å². The number of ether oxygens (including phenoxy) is 1. The molecule has 114 valence electrons. The quantitative estimate of drug-likeness (QED) is 0.823. The first-order chi connectivity index (χ1) is 10.0. The highest BCUT2D eigenvalue weighted by Crippen LogP contribution is 2.24. The molecule has 0 radical (unpaired) electrons. The van der Waals surface area contributed by atoms with Crippen molar-refractivity contribution >= 4 is 15.9 Å². The van der Waals surface area contributed by atoms with E-state index < -0.39 is 6.61 Å². The van der Waals surface area contributed by atoms with Gasteiger partial charge in [-0.1, -0.05) is 15.9 Å². The number of alkyl halides is 2. The molecule has 0 spiro atoms. The van der Waals surface area contributed by atoms with E-state index in [1.54, 1.807) is 24.7 Å². The van der Waals surface area contributed by atoms with Crippen LogP contribution in [0.4, 0.5) is 8.78 Å². The number of aromatic nitrogens is 2. The van der Waals surface area contributed by atoms with E-state index in [1.807, 2.05) is 17.7 Å². The Morgan fingerprint density at radius 1 is 1.43 bits per heavy atom. The summed E-state index contributed by atoms with van der Waals surface area (Å²) in [6, 6.07) is 5.15. The maximum absolute atomic E-state index is 12.4. The number of benzene rings is 1. The van der Waals surface area contributed by atoms with Gasteiger partial charge in [-0.25, -0.2) is 4.98 Å². The Kier molecular flexibility index (Phi) is 5.69. The van der Waals surface area contributed by atoms with Crippen LogP contribution in [-0.4, -0.2) is 22.2 Å². The van der Waals surface area contributed by atoms with Crippen LogP contribution in [-0.2, 0) is 13.1 Å². The molecule has 0 saturated carbocycles. The van der Waals surface area contributed by atoms with Gasteiger partial charge in [-0.3, -0.25) is 0 Å². The van der Waals surface area contributed by atoms with Crippen LogP contribution >= 0.6 is 15.9 Å². The number of halogens is 3. The first-order valence-electron chi connectivity index (χ1n) is 6.47. The third-order valence-electron chi connectivity index (χ3n) is 2.92. The third kappa shape index (κ3) is 5.09. The van der Waals surface area contributed by atoms with Gasteiger partial charge in [-0.15, -0.1) is 0 Å². The fourth-order valence-corrected chi connectivity index (χ4v) is 2.37. The molecule has 1 N–H and O–H groups in total. The van der Waals surface area contributed by atoms with Gasteiger partial charge in [0.15, 0.2) is 0 Å². The van der Waals surface area contributed by atoms with E-state index in [2.05, 4.69) is 31.0 Å². The van der Waals surface area contributed by atoms with E-state index in [0.29, 0.717) is 12.1 Å². The Bertz CT molecular complexity index is 563. The Balaban J connectivity index is 1.96. The average Bonchev–Trinajstić information content (AvgIpc) is 2.91. The van der Waals surface area contributed by atoms with Crippen molar-refractivity contribution in [2.24, 2.45) is 0 Å². The van der Waals surface area contributed by atoms with Gasteiger partial charge >= 0.3 is 6.61 Å². The normalized spacial score (nSPS) is 12.6. The Morgan fingerprint density at radius 3 is 2.90 bits per heavy atom. The minimum absolute atomic E-state index is 0.164. The largest absolute Gasteiger partial charge is 0.434 e. The van der Waals surface area contributed by atoms with Crippen molar-refractivity contribution in [1.29, 1.82) is 0 Å². The molecule has 0 amide bonds. The lowest BCUT2D eigenvalue weighted by molar-refractivity contribution is -0.0505. The van der Waals surface area contributed by atoms with Gasteiger partial charge in [-0.2, -0.15) is 8.78 Å². The predicted molar refractivity (Wildman–Crippen MR) is 79.3 cm³/mol. The SMILES string of the molecule is CC(Cn1ccnc1)NCc1cc(Br)ccc1OC(F)F. The van der Waals surface area contributed by atoms with Gasteiger partial charge in [0.25, 0.3) is 0 Å². The van der Waals surface area contributed by atoms with Gasteiger partial charge in [0.1, 0.15) is 5.75 Å². The van der Waals surface area contributed by atoms with Gasteiger partial charge in [0, 0.05) is 41.6 Å². The summed E-state index contributed by atoms with van der Waals surface area (Å²) in [5.41, 5.74) is 0.683. The number of hydrogen-bond donors (Lipinski definition) is 1. The smallest absolute Gasteiger partial charge is 0.387 e. The summed E-state index contributed by atoms with van der Waals surface area (Å²) in [6.07, 6.45) is 5.33. The summed E-state index contributed by atoms with van der Waals surface area (Å²) in [7, 11) is 0. The van der Waals surface area contributed by atoms with Gasteiger partial charge in [-0.05, 0) is 25.1 Å². The van der Waals surface area contributed by atoms with E-state index in [-0.39, 0.29) is 11.8 Å².